The molecule has 0 radical (unpaired) electrons. The van der Waals surface area contributed by atoms with E-state index in [4.69, 9.17) is 10.1 Å². The third-order valence-electron chi connectivity index (χ3n) is 5.41. The van der Waals surface area contributed by atoms with E-state index in [9.17, 15) is 0 Å². The maximum absolute atomic E-state index is 9.01. The average Bonchev–Trinajstić information content (AvgIpc) is 3.21. The third-order valence-corrected chi connectivity index (χ3v) is 6.34. The van der Waals surface area contributed by atoms with E-state index in [-0.39, 0.29) is 19.0 Å². The molecule has 0 unspecified atom stereocenters. The van der Waals surface area contributed by atoms with E-state index in [1.54, 1.807) is 11.3 Å². The smallest absolute Gasteiger partial charge is 0.147 e. The second-order valence-electron chi connectivity index (χ2n) is 7.12. The summed E-state index contributed by atoms with van der Waals surface area (Å²) in [6.07, 6.45) is 1.73. The van der Waals surface area contributed by atoms with Crippen molar-refractivity contribution in [2.45, 2.75) is 19.8 Å². The number of aromatic nitrogens is 1. The molecule has 1 aromatic carbocycles. The van der Waals surface area contributed by atoms with Crippen molar-refractivity contribution < 1.29 is 5.11 Å². The van der Waals surface area contributed by atoms with Gasteiger partial charge in [0.1, 0.15) is 5.82 Å². The monoisotopic (exact) mass is 417 g/mol. The molecule has 4 rings (SSSR count). The van der Waals surface area contributed by atoms with Crippen LogP contribution in [0.3, 0.4) is 0 Å². The molecule has 3 heterocycles. The number of aliphatic hydroxyl groups is 1. The first kappa shape index (κ1) is 21.1. The van der Waals surface area contributed by atoms with Gasteiger partial charge in [-0.3, -0.25) is 0 Å². The summed E-state index contributed by atoms with van der Waals surface area (Å²) in [6.45, 7) is 7.89. The number of piperazine rings is 1. The molecule has 0 bridgehead atoms. The Morgan fingerprint density at radius 1 is 1.07 bits per heavy atom. The van der Waals surface area contributed by atoms with Crippen LogP contribution in [0.4, 0.5) is 5.82 Å². The standard InChI is InChI=1S/C22H27N3OS.ClH/c1-2-24-10-12-25(13-11-24)22-21-19(9-15-27-21)16-20(23-22)18-7-5-17(6-8-18)4-3-14-26;/h5-9,15-16,26H,2-4,10-14H2,1H3;1H. The number of likely N-dealkylation sites (N-methyl/N-ethyl adjacent to an activating group) is 1. The average molecular weight is 418 g/mol. The Bertz CT molecular complexity index is 888. The minimum atomic E-state index is 0. The van der Waals surface area contributed by atoms with Gasteiger partial charge in [0.05, 0.1) is 10.4 Å². The Balaban J connectivity index is 0.00000225. The number of benzene rings is 1. The molecule has 0 aliphatic carbocycles. The highest BCUT2D eigenvalue weighted by Crippen LogP contribution is 2.34. The van der Waals surface area contributed by atoms with Gasteiger partial charge in [-0.2, -0.15) is 0 Å². The van der Waals surface area contributed by atoms with Crippen LogP contribution in [-0.2, 0) is 6.42 Å². The molecule has 2 aromatic heterocycles. The van der Waals surface area contributed by atoms with Gasteiger partial charge in [-0.1, -0.05) is 31.2 Å². The number of nitrogens with zero attached hydrogens (tertiary/aromatic N) is 3. The predicted octanol–water partition coefficient (Wildman–Crippen LogP) is 4.45. The molecule has 1 fully saturated rings. The van der Waals surface area contributed by atoms with Gasteiger partial charge in [0.25, 0.3) is 0 Å². The molecule has 28 heavy (non-hydrogen) atoms. The van der Waals surface area contributed by atoms with Crippen molar-refractivity contribution in [3.8, 4) is 11.3 Å². The number of rotatable bonds is 6. The van der Waals surface area contributed by atoms with Gasteiger partial charge >= 0.3 is 0 Å². The molecule has 150 valence electrons. The summed E-state index contributed by atoms with van der Waals surface area (Å²) in [7, 11) is 0. The normalized spacial score (nSPS) is 15.0. The highest BCUT2D eigenvalue weighted by Gasteiger charge is 2.20. The lowest BCUT2D eigenvalue weighted by atomic mass is 10.0. The maximum Gasteiger partial charge on any atom is 0.147 e. The number of fused-ring (bicyclic) bond motifs is 1. The first-order valence-corrected chi connectivity index (χ1v) is 10.7. The van der Waals surface area contributed by atoms with E-state index in [1.807, 2.05) is 0 Å². The topological polar surface area (TPSA) is 39.6 Å². The van der Waals surface area contributed by atoms with E-state index < -0.39 is 0 Å². The Morgan fingerprint density at radius 2 is 1.82 bits per heavy atom. The summed E-state index contributed by atoms with van der Waals surface area (Å²) in [5.41, 5.74) is 3.46. The van der Waals surface area contributed by atoms with Crippen molar-refractivity contribution in [3.05, 3.63) is 47.3 Å². The zero-order valence-corrected chi connectivity index (χ0v) is 17.9. The molecular formula is C22H28ClN3OS. The number of anilines is 1. The van der Waals surface area contributed by atoms with E-state index in [1.165, 1.54) is 15.6 Å². The fraction of sp³-hybridized carbons (Fsp3) is 0.409. The Labute approximate surface area is 177 Å². The number of halogens is 1. The Kier molecular flexibility index (Phi) is 7.30. The number of hydrogen-bond acceptors (Lipinski definition) is 5. The van der Waals surface area contributed by atoms with Gasteiger partial charge in [-0.15, -0.1) is 23.7 Å². The fourth-order valence-corrected chi connectivity index (χ4v) is 4.62. The van der Waals surface area contributed by atoms with Crippen LogP contribution in [0, 0.1) is 0 Å². The quantitative estimate of drug-likeness (QED) is 0.643. The first-order valence-electron chi connectivity index (χ1n) is 9.84. The molecular weight excluding hydrogens is 390 g/mol. The number of hydrogen-bond donors (Lipinski definition) is 1. The lowest BCUT2D eigenvalue weighted by Crippen LogP contribution is -2.46. The lowest BCUT2D eigenvalue weighted by molar-refractivity contribution is 0.271. The molecule has 0 amide bonds. The van der Waals surface area contributed by atoms with Crippen LogP contribution < -0.4 is 4.90 Å². The highest BCUT2D eigenvalue weighted by molar-refractivity contribution is 7.17. The molecule has 1 N–H and O–H groups in total. The lowest BCUT2D eigenvalue weighted by Gasteiger charge is -2.35. The van der Waals surface area contributed by atoms with Crippen molar-refractivity contribution in [2.24, 2.45) is 0 Å². The van der Waals surface area contributed by atoms with Gasteiger partial charge in [0, 0.05) is 38.3 Å². The molecule has 3 aromatic rings. The Hall–Kier alpha value is -1.66. The highest BCUT2D eigenvalue weighted by atomic mass is 35.5. The van der Waals surface area contributed by atoms with Crippen LogP contribution in [0.5, 0.6) is 0 Å². The summed E-state index contributed by atoms with van der Waals surface area (Å²) >= 11 is 1.79. The van der Waals surface area contributed by atoms with E-state index in [0.717, 1.165) is 62.6 Å². The van der Waals surface area contributed by atoms with Crippen LogP contribution >= 0.6 is 23.7 Å². The summed E-state index contributed by atoms with van der Waals surface area (Å²) in [5.74, 6) is 1.14. The summed E-state index contributed by atoms with van der Waals surface area (Å²) in [4.78, 5) is 10.0. The number of thiophene rings is 1. The maximum atomic E-state index is 9.01. The second-order valence-corrected chi connectivity index (χ2v) is 8.03. The van der Waals surface area contributed by atoms with Crippen molar-refractivity contribution in [2.75, 3.05) is 44.2 Å². The van der Waals surface area contributed by atoms with E-state index in [2.05, 4.69) is 58.5 Å². The Morgan fingerprint density at radius 3 is 2.50 bits per heavy atom. The molecule has 1 aliphatic heterocycles. The van der Waals surface area contributed by atoms with Crippen molar-refractivity contribution in [3.63, 3.8) is 0 Å². The molecule has 6 heteroatoms. The fourth-order valence-electron chi connectivity index (χ4n) is 3.72. The molecule has 0 atom stereocenters. The SMILES string of the molecule is CCN1CCN(c2nc(-c3ccc(CCCO)cc3)cc3ccsc23)CC1.Cl. The second kappa shape index (κ2) is 9.70. The molecule has 1 saturated heterocycles. The van der Waals surface area contributed by atoms with E-state index >= 15 is 0 Å². The van der Waals surface area contributed by atoms with Crippen LogP contribution in [0.2, 0.25) is 0 Å². The molecule has 1 aliphatic rings. The molecule has 0 spiro atoms. The third kappa shape index (κ3) is 4.49. The number of pyridine rings is 1. The number of aryl methyl sites for hydroxylation is 1. The largest absolute Gasteiger partial charge is 0.396 e. The van der Waals surface area contributed by atoms with Crippen molar-refractivity contribution >= 4 is 39.6 Å². The summed E-state index contributed by atoms with van der Waals surface area (Å²) < 4.78 is 1.29. The number of aliphatic hydroxyl groups excluding tert-OH is 1. The van der Waals surface area contributed by atoms with Crippen LogP contribution in [-0.4, -0.2) is 54.3 Å². The predicted molar refractivity (Wildman–Crippen MR) is 122 cm³/mol. The summed E-state index contributed by atoms with van der Waals surface area (Å²) in [6, 6.07) is 13.0. The van der Waals surface area contributed by atoms with Gasteiger partial charge in [0.15, 0.2) is 0 Å². The van der Waals surface area contributed by atoms with E-state index in [0.29, 0.717) is 0 Å². The minimum Gasteiger partial charge on any atom is -0.396 e. The van der Waals surface area contributed by atoms with Gasteiger partial charge in [-0.25, -0.2) is 4.98 Å². The van der Waals surface area contributed by atoms with Gasteiger partial charge in [-0.05, 0) is 47.8 Å². The minimum absolute atomic E-state index is 0. The zero-order chi connectivity index (χ0) is 18.6. The van der Waals surface area contributed by atoms with Crippen LogP contribution in [0.1, 0.15) is 18.9 Å². The van der Waals surface area contributed by atoms with Crippen molar-refractivity contribution in [1.29, 1.82) is 0 Å². The molecule has 0 saturated carbocycles. The molecule has 4 nitrogen and oxygen atoms in total. The van der Waals surface area contributed by atoms with Gasteiger partial charge < -0.3 is 14.9 Å². The zero-order valence-electron chi connectivity index (χ0n) is 16.3. The first-order chi connectivity index (χ1) is 13.3. The van der Waals surface area contributed by atoms with Gasteiger partial charge in [0.2, 0.25) is 0 Å². The van der Waals surface area contributed by atoms with Crippen LogP contribution in [0.15, 0.2) is 41.8 Å². The summed E-state index contributed by atoms with van der Waals surface area (Å²) in [5, 5.41) is 12.5. The van der Waals surface area contributed by atoms with Crippen LogP contribution in [0.25, 0.3) is 21.3 Å². The van der Waals surface area contributed by atoms with Crippen molar-refractivity contribution in [1.82, 2.24) is 9.88 Å².